The highest BCUT2D eigenvalue weighted by Gasteiger charge is 2.74. The van der Waals surface area contributed by atoms with E-state index >= 15 is 0 Å². The fourth-order valence-electron chi connectivity index (χ4n) is 4.24. The van der Waals surface area contributed by atoms with Crippen LogP contribution in [0.25, 0.3) is 0 Å². The summed E-state index contributed by atoms with van der Waals surface area (Å²) < 4.78 is 5.82. The van der Waals surface area contributed by atoms with E-state index in [0.29, 0.717) is 11.7 Å². The predicted molar refractivity (Wildman–Crippen MR) is 62.7 cm³/mol. The molecule has 1 aromatic rings. The van der Waals surface area contributed by atoms with Crippen molar-refractivity contribution in [2.75, 3.05) is 6.61 Å². The molecule has 0 amide bonds. The number of hydrogen-bond donors (Lipinski definition) is 2. The second-order valence-corrected chi connectivity index (χ2v) is 5.71. The van der Waals surface area contributed by atoms with E-state index in [2.05, 4.69) is 6.07 Å². The lowest BCUT2D eigenvalue weighted by molar-refractivity contribution is -0.148. The number of nitrogens with two attached hydrogens (primary N) is 2. The molecule has 1 aromatic carbocycles. The number of fused-ring (bicyclic) bond motifs is 1. The van der Waals surface area contributed by atoms with Crippen molar-refractivity contribution in [2.24, 2.45) is 17.5 Å². The highest BCUT2D eigenvalue weighted by molar-refractivity contribution is 5.54. The van der Waals surface area contributed by atoms with Gasteiger partial charge in [0.15, 0.2) is 5.75 Å². The molecule has 0 radical (unpaired) electrons. The van der Waals surface area contributed by atoms with Gasteiger partial charge in [-0.05, 0) is 31.2 Å². The quantitative estimate of drug-likeness (QED) is 0.711. The molecule has 1 unspecified atom stereocenters. The monoisotopic (exact) mass is 232 g/mol. The van der Waals surface area contributed by atoms with Gasteiger partial charge in [-0.3, -0.25) is 0 Å². The van der Waals surface area contributed by atoms with Gasteiger partial charge in [0.25, 0.3) is 0 Å². The molecule has 3 aliphatic carbocycles. The Bertz CT molecular complexity index is 494. The highest BCUT2D eigenvalue weighted by atomic mass is 16.6. The molecule has 2 bridgehead atoms. The summed E-state index contributed by atoms with van der Waals surface area (Å²) in [5, 5.41) is 0. The van der Waals surface area contributed by atoms with Crippen molar-refractivity contribution in [1.29, 1.82) is 0 Å². The first-order chi connectivity index (χ1) is 8.18. The van der Waals surface area contributed by atoms with E-state index < -0.39 is 0 Å². The largest absolute Gasteiger partial charge is 0.493 e. The van der Waals surface area contributed by atoms with Crippen molar-refractivity contribution in [3.63, 3.8) is 0 Å². The number of benzene rings is 1. The number of ether oxygens (including phenoxy) is 1. The first kappa shape index (κ1) is 9.74. The lowest BCUT2D eigenvalue weighted by Gasteiger charge is -2.75. The van der Waals surface area contributed by atoms with Gasteiger partial charge >= 0.3 is 0 Å². The molecule has 0 aromatic heterocycles. The van der Waals surface area contributed by atoms with Crippen LogP contribution in [0.2, 0.25) is 0 Å². The summed E-state index contributed by atoms with van der Waals surface area (Å²) in [6.07, 6.45) is 3.26. The Morgan fingerprint density at radius 3 is 2.88 bits per heavy atom. The van der Waals surface area contributed by atoms with Crippen LogP contribution in [0, 0.1) is 5.92 Å². The Labute approximate surface area is 99.8 Å². The topological polar surface area (TPSA) is 70.5 Å². The van der Waals surface area contributed by atoms with Gasteiger partial charge in [0.2, 0.25) is 0 Å². The first-order valence-corrected chi connectivity index (χ1v) is 6.11. The van der Waals surface area contributed by atoms with Crippen LogP contribution in [0.15, 0.2) is 18.2 Å². The molecule has 1 atom stereocenters. The van der Waals surface area contributed by atoms with Gasteiger partial charge in [-0.25, -0.2) is 0 Å². The molecule has 90 valence electrons. The summed E-state index contributed by atoms with van der Waals surface area (Å²) >= 11 is 0. The van der Waals surface area contributed by atoms with Crippen LogP contribution < -0.4 is 21.2 Å². The molecular weight excluding hydrogens is 216 g/mol. The molecule has 3 fully saturated rings. The predicted octanol–water partition coefficient (Wildman–Crippen LogP) is 1.08. The third kappa shape index (κ3) is 0.967. The summed E-state index contributed by atoms with van der Waals surface area (Å²) in [6.45, 7) is 0.742. The van der Waals surface area contributed by atoms with Gasteiger partial charge in [-0.15, -0.1) is 0 Å². The number of hydrogen-bond acceptors (Lipinski definition) is 4. The SMILES string of the molecule is NOc1ccc2c(c1)OCCC1C3(N)CC21C3. The maximum atomic E-state index is 6.32. The average molecular weight is 232 g/mol. The standard InChI is InChI=1S/C13H16N2O2/c14-13-6-12(7-13)9-2-1-8(17-15)5-10(9)16-4-3-11(12)13/h1-2,5,11H,3-4,6-7,14-15H2. The first-order valence-electron chi connectivity index (χ1n) is 6.11. The van der Waals surface area contributed by atoms with E-state index in [1.165, 1.54) is 5.56 Å². The van der Waals surface area contributed by atoms with Gasteiger partial charge in [0.1, 0.15) is 5.75 Å². The second kappa shape index (κ2) is 2.76. The molecule has 3 saturated carbocycles. The average Bonchev–Trinajstić information content (AvgIpc) is 2.41. The molecule has 4 nitrogen and oxygen atoms in total. The summed E-state index contributed by atoms with van der Waals surface area (Å²) in [5.74, 6) is 7.36. The molecule has 0 saturated heterocycles. The Hall–Kier alpha value is -1.26. The Kier molecular flexibility index (Phi) is 1.58. The van der Waals surface area contributed by atoms with Gasteiger partial charge in [0.05, 0.1) is 6.61 Å². The smallest absolute Gasteiger partial charge is 0.150 e. The van der Waals surface area contributed by atoms with Crippen LogP contribution in [-0.2, 0) is 5.41 Å². The van der Waals surface area contributed by atoms with Crippen molar-refractivity contribution < 1.29 is 9.57 Å². The van der Waals surface area contributed by atoms with E-state index in [-0.39, 0.29) is 11.0 Å². The summed E-state index contributed by atoms with van der Waals surface area (Å²) in [7, 11) is 0. The fourth-order valence-corrected chi connectivity index (χ4v) is 4.24. The van der Waals surface area contributed by atoms with Crippen LogP contribution in [0.4, 0.5) is 0 Å². The zero-order valence-corrected chi connectivity index (χ0v) is 9.61. The van der Waals surface area contributed by atoms with E-state index in [1.807, 2.05) is 12.1 Å². The minimum atomic E-state index is 0.0913. The molecule has 1 heterocycles. The van der Waals surface area contributed by atoms with Gasteiger partial charge in [-0.2, -0.15) is 5.90 Å². The van der Waals surface area contributed by atoms with E-state index in [4.69, 9.17) is 21.2 Å². The lowest BCUT2D eigenvalue weighted by Crippen LogP contribution is -2.81. The minimum Gasteiger partial charge on any atom is -0.493 e. The van der Waals surface area contributed by atoms with Crippen molar-refractivity contribution in [3.8, 4) is 11.5 Å². The Morgan fingerprint density at radius 1 is 1.35 bits per heavy atom. The summed E-state index contributed by atoms with van der Waals surface area (Å²) in [5.41, 5.74) is 8.00. The third-order valence-corrected chi connectivity index (χ3v) is 4.94. The molecule has 4 heteroatoms. The highest BCUT2D eigenvalue weighted by Crippen LogP contribution is 2.73. The molecular formula is C13H16N2O2. The number of rotatable bonds is 1. The summed E-state index contributed by atoms with van der Waals surface area (Å²) in [6, 6.07) is 5.89. The Balaban J connectivity index is 1.82. The van der Waals surface area contributed by atoms with Gasteiger partial charge in [0, 0.05) is 22.6 Å². The minimum absolute atomic E-state index is 0.0913. The lowest BCUT2D eigenvalue weighted by atomic mass is 9.31. The molecule has 17 heavy (non-hydrogen) atoms. The van der Waals surface area contributed by atoms with Crippen LogP contribution in [0.1, 0.15) is 24.8 Å². The maximum absolute atomic E-state index is 6.32. The zero-order valence-electron chi connectivity index (χ0n) is 9.61. The molecule has 4 N–H and O–H groups in total. The Morgan fingerprint density at radius 2 is 2.18 bits per heavy atom. The summed E-state index contributed by atoms with van der Waals surface area (Å²) in [4.78, 5) is 4.76. The molecule has 1 spiro atoms. The van der Waals surface area contributed by atoms with Crippen LogP contribution in [0.5, 0.6) is 11.5 Å². The van der Waals surface area contributed by atoms with Crippen molar-refractivity contribution in [1.82, 2.24) is 0 Å². The maximum Gasteiger partial charge on any atom is 0.150 e. The normalized spacial score (nSPS) is 40.9. The van der Waals surface area contributed by atoms with Crippen molar-refractivity contribution >= 4 is 0 Å². The molecule has 5 rings (SSSR count). The van der Waals surface area contributed by atoms with E-state index in [1.54, 1.807) is 0 Å². The van der Waals surface area contributed by atoms with Gasteiger partial charge in [-0.1, -0.05) is 6.07 Å². The molecule has 1 aliphatic heterocycles. The third-order valence-electron chi connectivity index (χ3n) is 4.94. The van der Waals surface area contributed by atoms with Crippen LogP contribution >= 0.6 is 0 Å². The van der Waals surface area contributed by atoms with E-state index in [0.717, 1.165) is 31.6 Å². The second-order valence-electron chi connectivity index (χ2n) is 5.71. The van der Waals surface area contributed by atoms with Crippen molar-refractivity contribution in [2.45, 2.75) is 30.2 Å². The van der Waals surface area contributed by atoms with Crippen LogP contribution in [0.3, 0.4) is 0 Å². The van der Waals surface area contributed by atoms with E-state index in [9.17, 15) is 0 Å². The van der Waals surface area contributed by atoms with Crippen LogP contribution in [-0.4, -0.2) is 12.1 Å². The fraction of sp³-hybridized carbons (Fsp3) is 0.538. The molecule has 4 aliphatic rings. The zero-order chi connectivity index (χ0) is 11.7. The van der Waals surface area contributed by atoms with Gasteiger partial charge < -0.3 is 15.3 Å². The van der Waals surface area contributed by atoms with Crippen molar-refractivity contribution in [3.05, 3.63) is 23.8 Å².